The van der Waals surface area contributed by atoms with Crippen LogP contribution < -0.4 is 0 Å². The maximum absolute atomic E-state index is 11.1. The first-order chi connectivity index (χ1) is 19.8. The van der Waals surface area contributed by atoms with Gasteiger partial charge in [0.2, 0.25) is 0 Å². The Kier molecular flexibility index (Phi) is 20.3. The number of allylic oxidation sites excluding steroid dienone is 2. The molecule has 2 aliphatic rings. The van der Waals surface area contributed by atoms with Crippen molar-refractivity contribution in [2.24, 2.45) is 17.8 Å². The minimum absolute atomic E-state index is 0.0261. The summed E-state index contributed by atoms with van der Waals surface area (Å²) in [5.74, 6) is -0.365. The van der Waals surface area contributed by atoms with Crippen molar-refractivity contribution < 1.29 is 51.8 Å². The highest BCUT2D eigenvalue weighted by Crippen LogP contribution is 2.43. The number of methoxy groups -OCH3 is 1. The molecule has 1 saturated carbocycles. The molecule has 0 amide bonds. The van der Waals surface area contributed by atoms with Gasteiger partial charge in [-0.2, -0.15) is 0 Å². The number of carbonyl (C=O) groups excluding carboxylic acids is 3. The molecule has 2 rings (SSSR count). The second-order valence-electron chi connectivity index (χ2n) is 11.1. The molecule has 3 unspecified atom stereocenters. The minimum Gasteiger partial charge on any atom is -0.478 e. The van der Waals surface area contributed by atoms with Crippen LogP contribution in [0.2, 0.25) is 6.04 Å². The summed E-state index contributed by atoms with van der Waals surface area (Å²) in [6.45, 7) is 20.6. The molecule has 0 saturated heterocycles. The van der Waals surface area contributed by atoms with Crippen LogP contribution in [0.3, 0.4) is 0 Å². The van der Waals surface area contributed by atoms with E-state index in [2.05, 4.69) is 31.9 Å². The number of carbonyl (C=O) groups is 4. The number of carboxylic acids is 1. The molecule has 43 heavy (non-hydrogen) atoms. The van der Waals surface area contributed by atoms with E-state index in [1.54, 1.807) is 35.2 Å². The Hall–Kier alpha value is -3.06. The fourth-order valence-electron chi connectivity index (χ4n) is 3.70. The van der Waals surface area contributed by atoms with Crippen LogP contribution in [0.5, 0.6) is 0 Å². The first kappa shape index (κ1) is 42.1. The van der Waals surface area contributed by atoms with Crippen molar-refractivity contribution in [1.82, 2.24) is 0 Å². The summed E-state index contributed by atoms with van der Waals surface area (Å²) in [5, 5.41) is 7.89. The Labute approximate surface area is 258 Å². The van der Waals surface area contributed by atoms with Crippen LogP contribution >= 0.6 is 0 Å². The quantitative estimate of drug-likeness (QED) is 0.0795. The van der Waals surface area contributed by atoms with Crippen LogP contribution in [-0.4, -0.2) is 78.4 Å². The van der Waals surface area contributed by atoms with Gasteiger partial charge in [-0.1, -0.05) is 31.9 Å². The molecule has 246 valence electrons. The summed E-state index contributed by atoms with van der Waals surface area (Å²) >= 11 is 0. The topological polar surface area (TPSA) is 144 Å². The summed E-state index contributed by atoms with van der Waals surface area (Å²) in [7, 11) is 3.60. The lowest BCUT2D eigenvalue weighted by molar-refractivity contribution is -0.150. The Balaban J connectivity index is 0. The first-order valence-electron chi connectivity index (χ1n) is 13.8. The Bertz CT molecular complexity index is 970. The first-order valence-corrected chi connectivity index (χ1v) is 15.7. The van der Waals surface area contributed by atoms with E-state index in [0.717, 1.165) is 6.42 Å². The van der Waals surface area contributed by atoms with Gasteiger partial charge >= 0.3 is 32.7 Å². The van der Waals surface area contributed by atoms with Crippen molar-refractivity contribution >= 4 is 32.7 Å². The third-order valence-electron chi connectivity index (χ3n) is 6.04. The van der Waals surface area contributed by atoms with E-state index in [1.165, 1.54) is 20.5 Å². The van der Waals surface area contributed by atoms with Crippen LogP contribution in [0.25, 0.3) is 0 Å². The van der Waals surface area contributed by atoms with Crippen LogP contribution in [-0.2, 0) is 46.7 Å². The van der Waals surface area contributed by atoms with Gasteiger partial charge in [0.05, 0.1) is 19.6 Å². The van der Waals surface area contributed by atoms with E-state index in [-0.39, 0.29) is 29.4 Å². The standard InChI is InChI=1S/C10H20O5Si.C9H12O2.C8H14O2.C4H6O2/c1-9(2)10(11)15-7-6-8-16(12-3,13-4)14-5;1-11-9(10)8-5-6-2-3-7(8)4-6;1-6(2)7(9)10-8(3,4)5;1-3(2)4(5)6/h1,6-8H2,2-5H3;2-3,6-8H,4-5H2,1H3;1H2,2-5H3;1H2,2H3,(H,5,6). The third-order valence-corrected chi connectivity index (χ3v) is 8.87. The zero-order valence-electron chi connectivity index (χ0n) is 27.6. The normalized spacial score (nSPS) is 17.9. The Morgan fingerprint density at radius 3 is 1.60 bits per heavy atom. The number of fused-ring (bicyclic) bond motifs is 2. The van der Waals surface area contributed by atoms with Crippen LogP contribution in [0.4, 0.5) is 0 Å². The van der Waals surface area contributed by atoms with Crippen LogP contribution in [0.1, 0.15) is 60.8 Å². The number of aliphatic carboxylic acids is 1. The van der Waals surface area contributed by atoms with Crippen molar-refractivity contribution in [3.63, 3.8) is 0 Å². The molecule has 0 aromatic carbocycles. The number of hydrogen-bond donors (Lipinski definition) is 1. The third kappa shape index (κ3) is 18.3. The summed E-state index contributed by atoms with van der Waals surface area (Å²) in [6, 6.07) is 0.611. The number of esters is 3. The fraction of sp³-hybridized carbons (Fsp3) is 0.613. The van der Waals surface area contributed by atoms with Crippen LogP contribution in [0, 0.1) is 17.8 Å². The Morgan fingerprint density at radius 2 is 1.33 bits per heavy atom. The van der Waals surface area contributed by atoms with Gasteiger partial charge in [-0.15, -0.1) is 0 Å². The van der Waals surface area contributed by atoms with Gasteiger partial charge in [-0.05, 0) is 72.6 Å². The van der Waals surface area contributed by atoms with Crippen LogP contribution in [0.15, 0.2) is 48.6 Å². The van der Waals surface area contributed by atoms with E-state index in [9.17, 15) is 19.2 Å². The van der Waals surface area contributed by atoms with Gasteiger partial charge in [-0.3, -0.25) is 4.79 Å². The molecular formula is C31H52O11Si. The lowest BCUT2D eigenvalue weighted by Crippen LogP contribution is -2.42. The van der Waals surface area contributed by atoms with Crippen molar-refractivity contribution in [3.8, 4) is 0 Å². The molecule has 1 fully saturated rings. The maximum Gasteiger partial charge on any atom is 0.500 e. The van der Waals surface area contributed by atoms with E-state index in [4.69, 9.17) is 32.6 Å². The van der Waals surface area contributed by atoms with Gasteiger partial charge in [0.25, 0.3) is 0 Å². The molecule has 0 spiro atoms. The van der Waals surface area contributed by atoms with Gasteiger partial charge in [0.1, 0.15) is 5.60 Å². The molecule has 2 aliphatic carbocycles. The van der Waals surface area contributed by atoms with Gasteiger partial charge in [0.15, 0.2) is 0 Å². The highest BCUT2D eigenvalue weighted by Gasteiger charge is 2.40. The number of ether oxygens (including phenoxy) is 3. The summed E-state index contributed by atoms with van der Waals surface area (Å²) < 4.78 is 30.3. The second-order valence-corrected chi connectivity index (χ2v) is 14.2. The molecule has 3 atom stereocenters. The van der Waals surface area contributed by atoms with Crippen molar-refractivity contribution in [3.05, 3.63) is 48.6 Å². The largest absolute Gasteiger partial charge is 0.500 e. The van der Waals surface area contributed by atoms with E-state index >= 15 is 0 Å². The molecule has 1 N–H and O–H groups in total. The average molecular weight is 629 g/mol. The van der Waals surface area contributed by atoms with E-state index in [1.807, 2.05) is 20.8 Å². The fourth-order valence-corrected chi connectivity index (χ4v) is 5.39. The zero-order chi connectivity index (χ0) is 34.0. The van der Waals surface area contributed by atoms with Gasteiger partial charge in [0, 0.05) is 44.1 Å². The average Bonchev–Trinajstić information content (AvgIpc) is 3.57. The SMILES string of the molecule is C=C(C)C(=O)O.C=C(C)C(=O)OC(C)(C)C.C=C(C)C(=O)OCCC[Si](OC)(OC)OC.COC(=O)C1CC2C=CC1C2. The number of carboxylic acid groups (broad SMARTS) is 1. The molecular weight excluding hydrogens is 576 g/mol. The minimum atomic E-state index is -2.53. The predicted octanol–water partition coefficient (Wildman–Crippen LogP) is 5.30. The van der Waals surface area contributed by atoms with Crippen molar-refractivity contribution in [1.29, 1.82) is 0 Å². The molecule has 2 bridgehead atoms. The molecule has 0 aromatic rings. The predicted molar refractivity (Wildman–Crippen MR) is 166 cm³/mol. The molecule has 0 aromatic heterocycles. The van der Waals surface area contributed by atoms with E-state index < -0.39 is 20.4 Å². The zero-order valence-corrected chi connectivity index (χ0v) is 28.6. The monoisotopic (exact) mass is 628 g/mol. The highest BCUT2D eigenvalue weighted by atomic mass is 28.4. The van der Waals surface area contributed by atoms with Crippen molar-refractivity contribution in [2.75, 3.05) is 35.0 Å². The maximum atomic E-state index is 11.1. The lowest BCUT2D eigenvalue weighted by atomic mass is 9.94. The van der Waals surface area contributed by atoms with Gasteiger partial charge in [-0.25, -0.2) is 14.4 Å². The van der Waals surface area contributed by atoms with E-state index in [0.29, 0.717) is 42.1 Å². The Morgan fingerprint density at radius 1 is 0.837 bits per heavy atom. The molecule has 0 aliphatic heterocycles. The molecule has 12 heteroatoms. The molecule has 0 radical (unpaired) electrons. The molecule has 0 heterocycles. The molecule has 11 nitrogen and oxygen atoms in total. The van der Waals surface area contributed by atoms with Crippen molar-refractivity contribution in [2.45, 2.75) is 72.5 Å². The van der Waals surface area contributed by atoms with Gasteiger partial charge < -0.3 is 32.6 Å². The lowest BCUT2D eigenvalue weighted by Gasteiger charge is -2.24. The second kappa shape index (κ2) is 20.8. The summed E-state index contributed by atoms with van der Waals surface area (Å²) in [6.07, 6.45) is 7.20. The summed E-state index contributed by atoms with van der Waals surface area (Å²) in [5.41, 5.74) is 0.606. The highest BCUT2D eigenvalue weighted by molar-refractivity contribution is 6.60. The number of rotatable bonds is 11. The summed E-state index contributed by atoms with van der Waals surface area (Å²) in [4.78, 5) is 42.7. The smallest absolute Gasteiger partial charge is 0.478 e. The number of hydrogen-bond acceptors (Lipinski definition) is 10.